The number of thiazole rings is 1. The van der Waals surface area contributed by atoms with Crippen LogP contribution in [-0.4, -0.2) is 64.7 Å². The van der Waals surface area contributed by atoms with Crippen LogP contribution in [0.25, 0.3) is 11.3 Å². The van der Waals surface area contributed by atoms with Gasteiger partial charge in [-0.1, -0.05) is 11.8 Å². The maximum absolute atomic E-state index is 13.6. The van der Waals surface area contributed by atoms with E-state index in [1.165, 1.54) is 23.1 Å². The number of nitrogens with one attached hydrogen (secondary N) is 1. The first-order chi connectivity index (χ1) is 19.6. The van der Waals surface area contributed by atoms with E-state index < -0.39 is 6.04 Å². The van der Waals surface area contributed by atoms with Gasteiger partial charge in [-0.2, -0.15) is 0 Å². The molecule has 0 aliphatic rings. The fourth-order valence-electron chi connectivity index (χ4n) is 4.06. The summed E-state index contributed by atoms with van der Waals surface area (Å²) in [6.45, 7) is 5.72. The third-order valence-corrected chi connectivity index (χ3v) is 8.01. The summed E-state index contributed by atoms with van der Waals surface area (Å²) in [6.07, 6.45) is 0. The maximum Gasteiger partial charge on any atom is 0.246 e. The van der Waals surface area contributed by atoms with Gasteiger partial charge in [-0.3, -0.25) is 9.59 Å². The summed E-state index contributed by atoms with van der Waals surface area (Å²) in [7, 11) is 5.54. The van der Waals surface area contributed by atoms with E-state index in [1.54, 1.807) is 18.9 Å². The van der Waals surface area contributed by atoms with Gasteiger partial charge in [-0.15, -0.1) is 11.3 Å². The summed E-state index contributed by atoms with van der Waals surface area (Å²) in [5.74, 6) is 0.372. The van der Waals surface area contributed by atoms with E-state index in [4.69, 9.17) is 9.72 Å². The number of benzene rings is 2. The summed E-state index contributed by atoms with van der Waals surface area (Å²) in [5.41, 5.74) is 5.11. The molecule has 9 nitrogen and oxygen atoms in total. The Hall–Kier alpha value is -3.96. The second-order valence-corrected chi connectivity index (χ2v) is 11.6. The van der Waals surface area contributed by atoms with E-state index in [0.29, 0.717) is 10.8 Å². The van der Waals surface area contributed by atoms with E-state index in [9.17, 15) is 9.59 Å². The van der Waals surface area contributed by atoms with Gasteiger partial charge in [0, 0.05) is 47.8 Å². The van der Waals surface area contributed by atoms with Crippen LogP contribution in [0.4, 0.5) is 11.4 Å². The van der Waals surface area contributed by atoms with Gasteiger partial charge >= 0.3 is 0 Å². The summed E-state index contributed by atoms with van der Waals surface area (Å²) in [4.78, 5) is 44.1. The summed E-state index contributed by atoms with van der Waals surface area (Å²) in [6, 6.07) is 16.4. The number of aryl methyl sites for hydroxylation is 2. The highest BCUT2D eigenvalue weighted by atomic mass is 32.2. The summed E-state index contributed by atoms with van der Waals surface area (Å²) < 4.78 is 5.25. The molecule has 0 bridgehead atoms. The van der Waals surface area contributed by atoms with Crippen molar-refractivity contribution in [3.05, 3.63) is 76.4 Å². The molecular formula is C30H34N6O3S2. The average molecular weight is 591 g/mol. The molecule has 1 atom stereocenters. The van der Waals surface area contributed by atoms with Gasteiger partial charge in [0.15, 0.2) is 5.16 Å². The predicted octanol–water partition coefficient (Wildman–Crippen LogP) is 5.44. The number of amides is 2. The number of hydrogen-bond acceptors (Lipinski definition) is 9. The first kappa shape index (κ1) is 30.0. The highest BCUT2D eigenvalue weighted by Crippen LogP contribution is 2.26. The lowest BCUT2D eigenvalue weighted by molar-refractivity contribution is -0.136. The van der Waals surface area contributed by atoms with Gasteiger partial charge < -0.3 is 19.9 Å². The molecule has 2 heterocycles. The number of ether oxygens (including phenoxy) is 1. The molecule has 4 rings (SSSR count). The van der Waals surface area contributed by atoms with Crippen molar-refractivity contribution in [1.82, 2.24) is 19.9 Å². The molecule has 0 saturated carbocycles. The standard InChI is InChI=1S/C30H34N6O3S2/c1-19-15-20(2)32-30(31-19)41-18-28(37)36(21(3)29(38)33-23-9-11-24(12-10-23)35(4)5)16-27-34-26(17-40-27)22-7-13-25(39-6)14-8-22/h7-15,17,21H,16,18H2,1-6H3,(H,33,38). The van der Waals surface area contributed by atoms with Crippen LogP contribution < -0.4 is 15.0 Å². The predicted molar refractivity (Wildman–Crippen MR) is 166 cm³/mol. The summed E-state index contributed by atoms with van der Waals surface area (Å²) in [5, 5.41) is 6.16. The molecule has 0 aliphatic carbocycles. The van der Waals surface area contributed by atoms with Crippen molar-refractivity contribution in [3.63, 3.8) is 0 Å². The second-order valence-electron chi connectivity index (χ2n) is 9.71. The Morgan fingerprint density at radius 1 is 1.00 bits per heavy atom. The lowest BCUT2D eigenvalue weighted by Crippen LogP contribution is -2.46. The van der Waals surface area contributed by atoms with Crippen LogP contribution in [0.2, 0.25) is 0 Å². The number of carbonyl (C=O) groups excluding carboxylic acids is 2. The van der Waals surface area contributed by atoms with Crippen LogP contribution in [0.3, 0.4) is 0 Å². The zero-order chi connectivity index (χ0) is 29.5. The maximum atomic E-state index is 13.6. The number of hydrogen-bond donors (Lipinski definition) is 1. The molecule has 0 aliphatic heterocycles. The highest BCUT2D eigenvalue weighted by Gasteiger charge is 2.27. The molecule has 1 unspecified atom stereocenters. The Labute approximate surface area is 249 Å². The van der Waals surface area contributed by atoms with Gasteiger partial charge in [0.25, 0.3) is 0 Å². The monoisotopic (exact) mass is 590 g/mol. The van der Waals surface area contributed by atoms with Crippen LogP contribution in [0, 0.1) is 13.8 Å². The fourth-order valence-corrected chi connectivity index (χ4v) is 5.70. The van der Waals surface area contributed by atoms with E-state index in [-0.39, 0.29) is 24.1 Å². The second kappa shape index (κ2) is 13.6. The molecule has 0 radical (unpaired) electrons. The minimum Gasteiger partial charge on any atom is -0.497 e. The normalized spacial score (nSPS) is 11.6. The van der Waals surface area contributed by atoms with Crippen LogP contribution in [0.1, 0.15) is 23.3 Å². The van der Waals surface area contributed by atoms with Crippen molar-refractivity contribution >= 4 is 46.3 Å². The van der Waals surface area contributed by atoms with Gasteiger partial charge in [-0.05, 0) is 75.4 Å². The van der Waals surface area contributed by atoms with Gasteiger partial charge in [0.1, 0.15) is 16.8 Å². The largest absolute Gasteiger partial charge is 0.497 e. The molecule has 214 valence electrons. The van der Waals surface area contributed by atoms with Crippen molar-refractivity contribution in [1.29, 1.82) is 0 Å². The Bertz CT molecular complexity index is 1470. The average Bonchev–Trinajstić information content (AvgIpc) is 3.43. The molecule has 0 spiro atoms. The number of nitrogens with zero attached hydrogens (tertiary/aromatic N) is 5. The first-order valence-corrected chi connectivity index (χ1v) is 14.9. The molecule has 1 N–H and O–H groups in total. The quantitative estimate of drug-likeness (QED) is 0.182. The molecular weight excluding hydrogens is 557 g/mol. The van der Waals surface area contributed by atoms with E-state index >= 15 is 0 Å². The van der Waals surface area contributed by atoms with Gasteiger partial charge in [0.2, 0.25) is 11.8 Å². The minimum atomic E-state index is -0.745. The topological polar surface area (TPSA) is 101 Å². The van der Waals surface area contributed by atoms with Crippen molar-refractivity contribution in [2.45, 2.75) is 38.5 Å². The lowest BCUT2D eigenvalue weighted by Gasteiger charge is -2.27. The Morgan fingerprint density at radius 2 is 1.66 bits per heavy atom. The molecule has 0 saturated heterocycles. The Kier molecular flexibility index (Phi) is 9.95. The Balaban J connectivity index is 1.52. The van der Waals surface area contributed by atoms with Crippen LogP contribution in [0.5, 0.6) is 5.75 Å². The zero-order valence-electron chi connectivity index (χ0n) is 24.0. The van der Waals surface area contributed by atoms with Crippen molar-refractivity contribution < 1.29 is 14.3 Å². The van der Waals surface area contributed by atoms with Crippen LogP contribution in [-0.2, 0) is 16.1 Å². The number of aromatic nitrogens is 3. The number of rotatable bonds is 11. The first-order valence-electron chi connectivity index (χ1n) is 13.0. The van der Waals surface area contributed by atoms with Gasteiger partial charge in [0.05, 0.1) is 25.1 Å². The third kappa shape index (κ3) is 8.05. The smallest absolute Gasteiger partial charge is 0.246 e. The number of thioether (sulfide) groups is 1. The van der Waals surface area contributed by atoms with Crippen molar-refractivity contribution in [2.24, 2.45) is 0 Å². The minimum absolute atomic E-state index is 0.0920. The lowest BCUT2D eigenvalue weighted by atomic mass is 10.2. The number of carbonyl (C=O) groups is 2. The van der Waals surface area contributed by atoms with Crippen molar-refractivity contribution in [2.75, 3.05) is 37.2 Å². The molecule has 2 aromatic heterocycles. The molecule has 0 fully saturated rings. The van der Waals surface area contributed by atoms with E-state index in [2.05, 4.69) is 15.3 Å². The molecule has 41 heavy (non-hydrogen) atoms. The molecule has 2 amide bonds. The van der Waals surface area contributed by atoms with Crippen LogP contribution >= 0.6 is 23.1 Å². The zero-order valence-corrected chi connectivity index (χ0v) is 25.7. The summed E-state index contributed by atoms with van der Waals surface area (Å²) >= 11 is 2.71. The number of anilines is 2. The Morgan fingerprint density at radius 3 is 2.27 bits per heavy atom. The van der Waals surface area contributed by atoms with Gasteiger partial charge in [-0.25, -0.2) is 15.0 Å². The van der Waals surface area contributed by atoms with E-state index in [1.807, 2.05) is 92.8 Å². The number of methoxy groups -OCH3 is 1. The molecule has 11 heteroatoms. The highest BCUT2D eigenvalue weighted by molar-refractivity contribution is 7.99. The van der Waals surface area contributed by atoms with E-state index in [0.717, 1.165) is 39.1 Å². The van der Waals surface area contributed by atoms with Crippen LogP contribution in [0.15, 0.2) is 65.1 Å². The molecule has 2 aromatic carbocycles. The molecule has 4 aromatic rings. The third-order valence-electron chi connectivity index (χ3n) is 6.35. The fraction of sp³-hybridized carbons (Fsp3) is 0.300. The van der Waals surface area contributed by atoms with Crippen molar-refractivity contribution in [3.8, 4) is 17.0 Å². The SMILES string of the molecule is COc1ccc(-c2csc(CN(C(=O)CSc3nc(C)cc(C)n3)C(C)C(=O)Nc3ccc(N(C)C)cc3)n2)cc1.